The fourth-order valence-corrected chi connectivity index (χ4v) is 8.19. The van der Waals surface area contributed by atoms with E-state index in [-0.39, 0.29) is 44.2 Å². The Kier molecular flexibility index (Phi) is 12.4. The van der Waals surface area contributed by atoms with Crippen molar-refractivity contribution in [2.45, 2.75) is 82.8 Å². The third-order valence-electron chi connectivity index (χ3n) is 6.97. The molecule has 1 aliphatic heterocycles. The minimum atomic E-state index is -4.91. The Hall–Kier alpha value is -3.92. The average molecular weight is 723 g/mol. The summed E-state index contributed by atoms with van der Waals surface area (Å²) in [5.41, 5.74) is -0.851. The van der Waals surface area contributed by atoms with Gasteiger partial charge in [0.2, 0.25) is 0 Å². The Morgan fingerprint density at radius 2 is 1.51 bits per heavy atom. The summed E-state index contributed by atoms with van der Waals surface area (Å²) in [5, 5.41) is 10.8. The molecule has 0 spiro atoms. The highest BCUT2D eigenvalue weighted by Gasteiger charge is 2.54. The highest BCUT2D eigenvalue weighted by molar-refractivity contribution is 7.90. The van der Waals surface area contributed by atoms with Crippen molar-refractivity contribution in [1.29, 1.82) is 0 Å². The fraction of sp³-hybridized carbons (Fsp3) is 0.471. The molecule has 2 aromatic rings. The van der Waals surface area contributed by atoms with E-state index in [0.29, 0.717) is 11.1 Å². The quantitative estimate of drug-likeness (QED) is 0.142. The zero-order valence-corrected chi connectivity index (χ0v) is 30.9. The first-order valence-electron chi connectivity index (χ1n) is 15.7. The number of hydrogen-bond acceptors (Lipinski definition) is 10. The van der Waals surface area contributed by atoms with Crippen molar-refractivity contribution in [3.8, 4) is 11.5 Å². The van der Waals surface area contributed by atoms with E-state index in [4.69, 9.17) is 18.4 Å². The number of sulfonamides is 1. The van der Waals surface area contributed by atoms with E-state index >= 15 is 0 Å². The number of benzene rings is 2. The number of nitrogens with zero attached hydrogens (tertiary/aromatic N) is 2. The molecule has 1 atom stereocenters. The van der Waals surface area contributed by atoms with Crippen LogP contribution in [0.1, 0.15) is 60.5 Å². The molecule has 3 rings (SSSR count). The summed E-state index contributed by atoms with van der Waals surface area (Å²) in [6.45, 7) is 12.2. The lowest BCUT2D eigenvalue weighted by atomic mass is 10.1. The lowest BCUT2D eigenvalue weighted by molar-refractivity contribution is -0.724. The van der Waals surface area contributed by atoms with Crippen molar-refractivity contribution >= 4 is 32.3 Å². The van der Waals surface area contributed by atoms with E-state index in [2.05, 4.69) is 0 Å². The first kappa shape index (κ1) is 39.5. The first-order valence-corrected chi connectivity index (χ1v) is 18.6. The van der Waals surface area contributed by atoms with Crippen molar-refractivity contribution in [3.63, 3.8) is 0 Å². The maximum absolute atomic E-state index is 14.8. The number of hydrogen-bond donors (Lipinski definition) is 0. The minimum Gasteiger partial charge on any atom is -0.493 e. The van der Waals surface area contributed by atoms with Gasteiger partial charge in [0, 0.05) is 30.8 Å². The van der Waals surface area contributed by atoms with Crippen LogP contribution < -0.4 is 8.92 Å². The third kappa shape index (κ3) is 10.1. The van der Waals surface area contributed by atoms with Gasteiger partial charge in [-0.05, 0) is 91.3 Å². The summed E-state index contributed by atoms with van der Waals surface area (Å²) in [7, 11) is -9.72. The summed E-state index contributed by atoms with van der Waals surface area (Å²) in [6, 6.07) is 9.26. The molecule has 1 radical (unpaired) electrons. The third-order valence-corrected chi connectivity index (χ3v) is 10.8. The second-order valence-corrected chi connectivity index (χ2v) is 17.0. The fourth-order valence-electron chi connectivity index (χ4n) is 4.73. The molecule has 2 amide bonds. The van der Waals surface area contributed by atoms with E-state index in [9.17, 15) is 31.5 Å². The highest BCUT2D eigenvalue weighted by atomic mass is 32.2. The molecular weight excluding hydrogens is 677 g/mol. The number of carbonyl (C=O) groups is 2. The van der Waals surface area contributed by atoms with Crippen LogP contribution in [0.15, 0.2) is 76.2 Å². The van der Waals surface area contributed by atoms with Gasteiger partial charge in [-0.15, -0.1) is 3.89 Å². The van der Waals surface area contributed by atoms with E-state index in [0.717, 1.165) is 12.1 Å². The van der Waals surface area contributed by atoms with Crippen molar-refractivity contribution in [2.24, 2.45) is 0 Å². The lowest BCUT2D eigenvalue weighted by Crippen LogP contribution is -2.59. The Morgan fingerprint density at radius 3 is 2.06 bits per heavy atom. The molecule has 1 heterocycles. The predicted molar refractivity (Wildman–Crippen MR) is 180 cm³/mol. The zero-order chi connectivity index (χ0) is 36.8. The molecule has 49 heavy (non-hydrogen) atoms. The van der Waals surface area contributed by atoms with Gasteiger partial charge in [0.25, 0.3) is 0 Å². The molecule has 1 aliphatic rings. The summed E-state index contributed by atoms with van der Waals surface area (Å²) in [4.78, 5) is 26.5. The SMILES string of the molecule is CC[N+](CC1=CCN(C(=O)OC(C)(C)C)C=C1)(C(=O)OC(C)(C)C)S(=O)(=O)c1ccccc1S(=O)(=O)Oc1cc(C)cc(OCCC[O])c1. The molecule has 0 bridgehead atoms. The number of carbonyl (C=O) groups excluding carboxylic acids is 2. The smallest absolute Gasteiger partial charge is 0.493 e. The van der Waals surface area contributed by atoms with Crippen LogP contribution in [0, 0.1) is 6.92 Å². The maximum Gasteiger partial charge on any atom is 0.532 e. The predicted octanol–water partition coefficient (Wildman–Crippen LogP) is 6.11. The van der Waals surface area contributed by atoms with E-state index in [1.807, 2.05) is 0 Å². The molecule has 2 aromatic carbocycles. The normalized spacial score (nSPS) is 15.2. The van der Waals surface area contributed by atoms with E-state index in [1.54, 1.807) is 60.6 Å². The van der Waals surface area contributed by atoms with Gasteiger partial charge in [0.15, 0.2) is 0 Å². The van der Waals surface area contributed by atoms with Crippen LogP contribution in [0.25, 0.3) is 0 Å². The molecule has 15 heteroatoms. The van der Waals surface area contributed by atoms with Crippen molar-refractivity contribution < 1.29 is 53.8 Å². The number of rotatable bonds is 12. The number of likely N-dealkylation sites (N-methyl/N-ethyl adjacent to an activating group) is 1. The topological polar surface area (TPSA) is 162 Å². The van der Waals surface area contributed by atoms with E-state index in [1.165, 1.54) is 48.4 Å². The summed E-state index contributed by atoms with van der Waals surface area (Å²) in [6.07, 6.45) is 3.04. The Labute approximate surface area is 289 Å². The first-order chi connectivity index (χ1) is 22.6. The van der Waals surface area contributed by atoms with Gasteiger partial charge in [0.1, 0.15) is 45.6 Å². The summed E-state index contributed by atoms with van der Waals surface area (Å²) < 4.78 is 77.8. The number of aryl methyl sites for hydroxylation is 1. The monoisotopic (exact) mass is 722 g/mol. The van der Waals surface area contributed by atoms with Crippen LogP contribution in [-0.4, -0.2) is 81.9 Å². The molecule has 269 valence electrons. The molecule has 0 fully saturated rings. The van der Waals surface area contributed by atoms with Gasteiger partial charge in [-0.25, -0.2) is 9.90 Å². The van der Waals surface area contributed by atoms with Gasteiger partial charge in [-0.1, -0.05) is 18.2 Å². The highest BCUT2D eigenvalue weighted by Crippen LogP contribution is 2.35. The van der Waals surface area contributed by atoms with Crippen molar-refractivity contribution in [2.75, 3.05) is 32.8 Å². The second-order valence-electron chi connectivity index (χ2n) is 13.4. The average Bonchev–Trinajstić information content (AvgIpc) is 2.98. The van der Waals surface area contributed by atoms with Crippen LogP contribution in [0.2, 0.25) is 0 Å². The molecular formula is C34H46N2O11S2+. The minimum absolute atomic E-state index is 0.0384. The summed E-state index contributed by atoms with van der Waals surface area (Å²) >= 11 is 0. The summed E-state index contributed by atoms with van der Waals surface area (Å²) in [5.74, 6) is 0.130. The molecule has 0 N–H and O–H groups in total. The largest absolute Gasteiger partial charge is 0.532 e. The number of ether oxygens (including phenoxy) is 3. The number of quaternary nitrogens is 1. The second kappa shape index (κ2) is 15.3. The molecule has 0 saturated heterocycles. The zero-order valence-electron chi connectivity index (χ0n) is 29.2. The number of amides is 2. The van der Waals surface area contributed by atoms with Crippen molar-refractivity contribution in [1.82, 2.24) is 4.90 Å². The molecule has 0 aliphatic carbocycles. The van der Waals surface area contributed by atoms with Crippen LogP contribution in [0.4, 0.5) is 9.59 Å². The van der Waals surface area contributed by atoms with Crippen LogP contribution in [0.5, 0.6) is 11.5 Å². The van der Waals surface area contributed by atoms with Crippen molar-refractivity contribution in [3.05, 3.63) is 72.0 Å². The Bertz CT molecular complexity index is 1810. The van der Waals surface area contributed by atoms with Gasteiger partial charge >= 0.3 is 32.3 Å². The van der Waals surface area contributed by atoms with Crippen LogP contribution in [0.3, 0.4) is 0 Å². The molecule has 0 saturated carbocycles. The van der Waals surface area contributed by atoms with Gasteiger partial charge in [0.05, 0.1) is 13.2 Å². The standard InChI is InChI=1S/C34H46N2O11S2/c1-9-36(32(39)46-34(6,7)8,24-26-15-17-35(18-16-26)31(38)45-33(3,4)5)48(40,41)29-13-10-11-14-30(29)49(42,43)47-28-22-25(2)21-27(23-28)44-20-12-19-37/h10-11,13-17,21-23H,9,12,18-20,24H2,1-8H3/q+1. The lowest BCUT2D eigenvalue weighted by Gasteiger charge is -2.35. The molecule has 0 aromatic heterocycles. The Morgan fingerprint density at radius 1 is 0.898 bits per heavy atom. The van der Waals surface area contributed by atoms with Crippen LogP contribution >= 0.6 is 0 Å². The Balaban J connectivity index is 2.08. The van der Waals surface area contributed by atoms with Gasteiger partial charge < -0.3 is 18.4 Å². The van der Waals surface area contributed by atoms with Gasteiger partial charge in [-0.3, -0.25) is 4.90 Å². The van der Waals surface area contributed by atoms with Crippen LogP contribution in [-0.2, 0) is 34.7 Å². The van der Waals surface area contributed by atoms with E-state index < -0.39 is 63.8 Å². The maximum atomic E-state index is 14.8. The van der Waals surface area contributed by atoms with Gasteiger partial charge in [-0.2, -0.15) is 21.6 Å². The molecule has 1 unspecified atom stereocenters. The molecule has 13 nitrogen and oxygen atoms in total.